The summed E-state index contributed by atoms with van der Waals surface area (Å²) in [5.41, 5.74) is 0.354. The van der Waals surface area contributed by atoms with Gasteiger partial charge in [0.15, 0.2) is 0 Å². The van der Waals surface area contributed by atoms with Crippen LogP contribution in [-0.2, 0) is 4.79 Å². The molecule has 2 rings (SSSR count). The average molecular weight is 207 g/mol. The molecule has 1 heterocycles. The Labute approximate surface area is 88.5 Å². The molecule has 1 aliphatic rings. The van der Waals surface area contributed by atoms with Gasteiger partial charge in [-0.1, -0.05) is 32.0 Å². The fraction of sp³-hybridized carbons (Fsp3) is 0.417. The van der Waals surface area contributed by atoms with Crippen molar-refractivity contribution in [3.8, 4) is 0 Å². The van der Waals surface area contributed by atoms with Crippen LogP contribution in [0.25, 0.3) is 0 Å². The fourth-order valence-corrected chi connectivity index (χ4v) is 2.13. The standard InChI is InChI=1S/C12H14FNO/c1-12(2)7-10(15)14-11(12)8-5-3-4-6-9(8)13/h3-6,11H,7H2,1-2H3,(H,14,15). The number of nitrogens with one attached hydrogen (secondary N) is 1. The van der Waals surface area contributed by atoms with Crippen molar-refractivity contribution in [3.05, 3.63) is 35.6 Å². The molecule has 1 fully saturated rings. The summed E-state index contributed by atoms with van der Waals surface area (Å²) in [5.74, 6) is -0.258. The largest absolute Gasteiger partial charge is 0.349 e. The van der Waals surface area contributed by atoms with Gasteiger partial charge in [0.05, 0.1) is 6.04 Å². The van der Waals surface area contributed by atoms with Crippen molar-refractivity contribution >= 4 is 5.91 Å². The molecule has 0 spiro atoms. The minimum absolute atomic E-state index is 0.00625. The highest BCUT2D eigenvalue weighted by Gasteiger charge is 2.41. The van der Waals surface area contributed by atoms with E-state index in [0.29, 0.717) is 12.0 Å². The minimum Gasteiger partial charge on any atom is -0.349 e. The molecular formula is C12H14FNO. The van der Waals surface area contributed by atoms with Crippen molar-refractivity contribution in [1.29, 1.82) is 0 Å². The Morgan fingerprint density at radius 3 is 2.60 bits per heavy atom. The summed E-state index contributed by atoms with van der Waals surface area (Å²) >= 11 is 0. The lowest BCUT2D eigenvalue weighted by Gasteiger charge is -2.26. The Morgan fingerprint density at radius 1 is 1.40 bits per heavy atom. The number of benzene rings is 1. The molecule has 2 nitrogen and oxygen atoms in total. The van der Waals surface area contributed by atoms with E-state index in [4.69, 9.17) is 0 Å². The van der Waals surface area contributed by atoms with Crippen LogP contribution in [0.2, 0.25) is 0 Å². The highest BCUT2D eigenvalue weighted by Crippen LogP contribution is 2.41. The zero-order valence-corrected chi connectivity index (χ0v) is 8.88. The van der Waals surface area contributed by atoms with Crippen LogP contribution < -0.4 is 5.32 Å². The monoisotopic (exact) mass is 207 g/mol. The molecule has 0 saturated carbocycles. The van der Waals surface area contributed by atoms with Crippen molar-refractivity contribution < 1.29 is 9.18 Å². The first-order valence-corrected chi connectivity index (χ1v) is 5.04. The second kappa shape index (κ2) is 3.33. The number of carbonyl (C=O) groups is 1. The highest BCUT2D eigenvalue weighted by atomic mass is 19.1. The van der Waals surface area contributed by atoms with Gasteiger partial charge in [0, 0.05) is 12.0 Å². The van der Waals surface area contributed by atoms with Crippen LogP contribution in [-0.4, -0.2) is 5.91 Å². The van der Waals surface area contributed by atoms with Crippen LogP contribution in [0.15, 0.2) is 24.3 Å². The Balaban J connectivity index is 2.40. The molecule has 0 radical (unpaired) electrons. The van der Waals surface area contributed by atoms with Crippen LogP contribution in [0.1, 0.15) is 31.9 Å². The van der Waals surface area contributed by atoms with Gasteiger partial charge in [0.2, 0.25) is 5.91 Å². The molecule has 1 aromatic rings. The van der Waals surface area contributed by atoms with E-state index in [1.54, 1.807) is 18.2 Å². The van der Waals surface area contributed by atoms with Gasteiger partial charge in [-0.3, -0.25) is 4.79 Å². The van der Waals surface area contributed by atoms with Crippen molar-refractivity contribution in [2.75, 3.05) is 0 Å². The minimum atomic E-state index is -0.252. The lowest BCUT2D eigenvalue weighted by Crippen LogP contribution is -2.25. The number of carbonyl (C=O) groups excluding carboxylic acids is 1. The van der Waals surface area contributed by atoms with E-state index in [0.717, 1.165) is 0 Å². The SMILES string of the molecule is CC1(C)CC(=O)NC1c1ccccc1F. The molecule has 15 heavy (non-hydrogen) atoms. The smallest absolute Gasteiger partial charge is 0.221 e. The van der Waals surface area contributed by atoms with E-state index in [-0.39, 0.29) is 23.2 Å². The first-order chi connectivity index (χ1) is 7.00. The predicted octanol–water partition coefficient (Wildman–Crippen LogP) is 2.41. The second-order valence-electron chi connectivity index (χ2n) is 4.69. The van der Waals surface area contributed by atoms with E-state index < -0.39 is 0 Å². The first kappa shape index (κ1) is 10.1. The van der Waals surface area contributed by atoms with E-state index in [1.165, 1.54) is 6.07 Å². The highest BCUT2D eigenvalue weighted by molar-refractivity contribution is 5.80. The molecule has 80 valence electrons. The average Bonchev–Trinajstić information content (AvgIpc) is 2.40. The molecule has 1 saturated heterocycles. The summed E-state index contributed by atoms with van der Waals surface area (Å²) in [5, 5.41) is 2.82. The maximum atomic E-state index is 13.6. The van der Waals surface area contributed by atoms with E-state index >= 15 is 0 Å². The Kier molecular flexibility index (Phi) is 2.25. The molecule has 0 aliphatic carbocycles. The van der Waals surface area contributed by atoms with E-state index in [2.05, 4.69) is 5.32 Å². The maximum Gasteiger partial charge on any atom is 0.221 e. The van der Waals surface area contributed by atoms with Gasteiger partial charge in [-0.2, -0.15) is 0 Å². The molecule has 3 heteroatoms. The zero-order valence-electron chi connectivity index (χ0n) is 8.88. The Hall–Kier alpha value is -1.38. The first-order valence-electron chi connectivity index (χ1n) is 5.04. The number of hydrogen-bond acceptors (Lipinski definition) is 1. The lowest BCUT2D eigenvalue weighted by atomic mass is 9.81. The third-order valence-corrected chi connectivity index (χ3v) is 2.92. The molecule has 1 aliphatic heterocycles. The molecule has 0 aromatic heterocycles. The molecule has 1 unspecified atom stereocenters. The van der Waals surface area contributed by atoms with E-state index in [9.17, 15) is 9.18 Å². The van der Waals surface area contributed by atoms with Crippen molar-refractivity contribution in [2.24, 2.45) is 5.41 Å². The number of halogens is 1. The van der Waals surface area contributed by atoms with Gasteiger partial charge < -0.3 is 5.32 Å². The van der Waals surface area contributed by atoms with E-state index in [1.807, 2.05) is 13.8 Å². The van der Waals surface area contributed by atoms with Crippen LogP contribution in [0.4, 0.5) is 4.39 Å². The molecule has 1 aromatic carbocycles. The van der Waals surface area contributed by atoms with Gasteiger partial charge in [-0.15, -0.1) is 0 Å². The van der Waals surface area contributed by atoms with Crippen LogP contribution in [0, 0.1) is 11.2 Å². The van der Waals surface area contributed by atoms with Crippen LogP contribution in [0.5, 0.6) is 0 Å². The number of hydrogen-bond donors (Lipinski definition) is 1. The normalized spacial score (nSPS) is 23.9. The molecule has 0 bridgehead atoms. The van der Waals surface area contributed by atoms with Crippen LogP contribution >= 0.6 is 0 Å². The van der Waals surface area contributed by atoms with Crippen molar-refractivity contribution in [1.82, 2.24) is 5.32 Å². The zero-order chi connectivity index (χ0) is 11.1. The Bertz CT molecular complexity index is 400. The summed E-state index contributed by atoms with van der Waals surface area (Å²) in [4.78, 5) is 11.3. The molecule has 1 N–H and O–H groups in total. The lowest BCUT2D eigenvalue weighted by molar-refractivity contribution is -0.119. The fourth-order valence-electron chi connectivity index (χ4n) is 2.13. The second-order valence-corrected chi connectivity index (χ2v) is 4.69. The number of amides is 1. The van der Waals surface area contributed by atoms with Gasteiger partial charge >= 0.3 is 0 Å². The maximum absolute atomic E-state index is 13.6. The summed E-state index contributed by atoms with van der Waals surface area (Å²) in [6.45, 7) is 3.95. The molecule has 1 atom stereocenters. The quantitative estimate of drug-likeness (QED) is 0.752. The third kappa shape index (κ3) is 1.74. The van der Waals surface area contributed by atoms with Gasteiger partial charge in [0.25, 0.3) is 0 Å². The molecular weight excluding hydrogens is 193 g/mol. The van der Waals surface area contributed by atoms with Crippen molar-refractivity contribution in [2.45, 2.75) is 26.3 Å². The molecule has 1 amide bonds. The predicted molar refractivity (Wildman–Crippen MR) is 55.7 cm³/mol. The third-order valence-electron chi connectivity index (χ3n) is 2.92. The topological polar surface area (TPSA) is 29.1 Å². The Morgan fingerprint density at radius 2 is 2.07 bits per heavy atom. The van der Waals surface area contributed by atoms with Gasteiger partial charge in [0.1, 0.15) is 5.82 Å². The van der Waals surface area contributed by atoms with Crippen molar-refractivity contribution in [3.63, 3.8) is 0 Å². The van der Waals surface area contributed by atoms with Gasteiger partial charge in [-0.25, -0.2) is 4.39 Å². The number of rotatable bonds is 1. The summed E-state index contributed by atoms with van der Waals surface area (Å²) in [6.07, 6.45) is 0.450. The van der Waals surface area contributed by atoms with Gasteiger partial charge in [-0.05, 0) is 11.5 Å². The van der Waals surface area contributed by atoms with Crippen LogP contribution in [0.3, 0.4) is 0 Å². The summed E-state index contributed by atoms with van der Waals surface area (Å²) in [7, 11) is 0. The summed E-state index contributed by atoms with van der Waals surface area (Å²) < 4.78 is 13.6. The summed E-state index contributed by atoms with van der Waals surface area (Å²) in [6, 6.07) is 6.39.